The Morgan fingerprint density at radius 1 is 1.11 bits per heavy atom. The minimum Gasteiger partial charge on any atom is -0.452 e. The molecule has 3 amide bonds. The number of fused-ring (bicyclic) bond motifs is 1. The van der Waals surface area contributed by atoms with Crippen molar-refractivity contribution < 1.29 is 19.4 Å². The molecule has 0 unspecified atom stereocenters. The van der Waals surface area contributed by atoms with E-state index in [-0.39, 0.29) is 44.2 Å². The van der Waals surface area contributed by atoms with Gasteiger partial charge < -0.3 is 25.9 Å². The largest absolute Gasteiger partial charge is 0.452 e. The molecule has 3 rings (SSSR count). The fourth-order valence-electron chi connectivity index (χ4n) is 4.43. The molecule has 1 aliphatic rings. The van der Waals surface area contributed by atoms with Gasteiger partial charge in [0.1, 0.15) is 6.04 Å². The number of carbonyl (C=O) groups excluding carboxylic acids is 3. The number of nitrogens with one attached hydrogen (secondary N) is 3. The van der Waals surface area contributed by atoms with E-state index in [2.05, 4.69) is 29.8 Å². The lowest BCUT2D eigenvalue weighted by atomic mass is 9.82. The summed E-state index contributed by atoms with van der Waals surface area (Å²) in [7, 11) is -0.0400. The number of thiocarbonyl (C=S) groups is 1. The number of nitrogens with zero attached hydrogens (tertiary/aromatic N) is 1. The van der Waals surface area contributed by atoms with Crippen LogP contribution in [0.25, 0.3) is 10.8 Å². The first-order valence-electron chi connectivity index (χ1n) is 12.0. The highest BCUT2D eigenvalue weighted by molar-refractivity contribution is 7.80. The molecule has 2 aromatic rings. The topological polar surface area (TPSA) is 111 Å². The number of amides is 3. The molecule has 0 spiro atoms. The van der Waals surface area contributed by atoms with Crippen molar-refractivity contribution in [3.05, 3.63) is 48.0 Å². The van der Waals surface area contributed by atoms with Crippen LogP contribution in [0.4, 0.5) is 0 Å². The van der Waals surface area contributed by atoms with Crippen molar-refractivity contribution in [1.82, 2.24) is 20.9 Å². The van der Waals surface area contributed by atoms with Gasteiger partial charge in [-0.05, 0) is 42.0 Å². The Labute approximate surface area is 212 Å². The molecule has 0 aromatic heterocycles. The third-order valence-electron chi connectivity index (χ3n) is 6.07. The van der Waals surface area contributed by atoms with Crippen LogP contribution in [0.3, 0.4) is 0 Å². The molecule has 35 heavy (non-hydrogen) atoms. The summed E-state index contributed by atoms with van der Waals surface area (Å²) in [6.45, 7) is 4.54. The maximum atomic E-state index is 12.8. The first-order chi connectivity index (χ1) is 16.8. The summed E-state index contributed by atoms with van der Waals surface area (Å²) in [4.78, 5) is 40.3. The normalized spacial score (nSPS) is 16.1. The summed E-state index contributed by atoms with van der Waals surface area (Å²) in [6, 6.07) is 12.5. The predicted octanol–water partition coefficient (Wildman–Crippen LogP) is 1.31. The van der Waals surface area contributed by atoms with E-state index in [0.717, 1.165) is 17.2 Å². The molecule has 0 aliphatic carbocycles. The lowest BCUT2D eigenvalue weighted by molar-refractivity contribution is -0.137. The average Bonchev–Trinajstić information content (AvgIpc) is 3.35. The second-order valence-corrected chi connectivity index (χ2v) is 9.74. The number of likely N-dealkylation sites (tertiary alicyclic amines) is 1. The van der Waals surface area contributed by atoms with Crippen LogP contribution in [0.2, 0.25) is 0 Å². The molecular formula is C25H33BN4O4S. The molecule has 4 N–H and O–H groups in total. The molecule has 1 heterocycles. The quantitative estimate of drug-likeness (QED) is 0.292. The number of hydrogen-bond donors (Lipinski definition) is 4. The third kappa shape index (κ3) is 7.25. The fraction of sp³-hybridized carbons (Fsp3) is 0.440. The lowest BCUT2D eigenvalue weighted by Crippen LogP contribution is -2.51. The molecule has 0 radical (unpaired) electrons. The molecule has 186 valence electrons. The first-order valence-corrected chi connectivity index (χ1v) is 12.4. The Bertz CT molecular complexity index is 1080. The number of benzene rings is 2. The SMILES string of the molecule is CC(C)C[C@@H](BO)NC(=S)CNC(=O)[C@@H]1CCCN1C(=O)CNC(=O)c1cccc2ccccc12. The van der Waals surface area contributed by atoms with Crippen LogP contribution in [0.1, 0.15) is 43.5 Å². The number of hydrogen-bond acceptors (Lipinski definition) is 5. The van der Waals surface area contributed by atoms with Crippen molar-refractivity contribution in [2.24, 2.45) is 5.92 Å². The second kappa shape index (κ2) is 12.6. The van der Waals surface area contributed by atoms with Gasteiger partial charge in [0.15, 0.2) is 0 Å². The highest BCUT2D eigenvalue weighted by atomic mass is 32.1. The van der Waals surface area contributed by atoms with Gasteiger partial charge in [-0.3, -0.25) is 14.4 Å². The van der Waals surface area contributed by atoms with Crippen LogP contribution < -0.4 is 16.0 Å². The molecule has 0 saturated carbocycles. The number of carbonyl (C=O) groups is 3. The summed E-state index contributed by atoms with van der Waals surface area (Å²) in [6.07, 6.45) is 2.03. The summed E-state index contributed by atoms with van der Waals surface area (Å²) in [5.74, 6) is -0.656. The zero-order valence-corrected chi connectivity index (χ0v) is 21.1. The maximum Gasteiger partial charge on any atom is 0.293 e. The summed E-state index contributed by atoms with van der Waals surface area (Å²) in [5, 5.41) is 19.8. The monoisotopic (exact) mass is 496 g/mol. The Morgan fingerprint density at radius 3 is 2.60 bits per heavy atom. The van der Waals surface area contributed by atoms with Gasteiger partial charge in [0.05, 0.1) is 18.1 Å². The Kier molecular flexibility index (Phi) is 9.62. The van der Waals surface area contributed by atoms with E-state index in [0.29, 0.717) is 35.9 Å². The predicted molar refractivity (Wildman–Crippen MR) is 142 cm³/mol. The van der Waals surface area contributed by atoms with E-state index < -0.39 is 6.04 Å². The van der Waals surface area contributed by atoms with E-state index in [1.165, 1.54) is 4.90 Å². The molecule has 1 aliphatic heterocycles. The molecule has 0 bridgehead atoms. The van der Waals surface area contributed by atoms with Crippen LogP contribution in [-0.2, 0) is 9.59 Å². The number of rotatable bonds is 10. The van der Waals surface area contributed by atoms with Crippen LogP contribution >= 0.6 is 12.2 Å². The average molecular weight is 496 g/mol. The van der Waals surface area contributed by atoms with Crippen LogP contribution in [-0.4, -0.2) is 71.7 Å². The van der Waals surface area contributed by atoms with Gasteiger partial charge in [-0.15, -0.1) is 0 Å². The van der Waals surface area contributed by atoms with E-state index in [1.54, 1.807) is 6.07 Å². The summed E-state index contributed by atoms with van der Waals surface area (Å²) in [5.41, 5.74) is 0.506. The van der Waals surface area contributed by atoms with E-state index >= 15 is 0 Å². The highest BCUT2D eigenvalue weighted by Crippen LogP contribution is 2.19. The standard InChI is InChI=1S/C25H33BN4O4S/c1-16(2)13-21(26-34)29-22(35)14-27-25(33)20-11-6-12-30(20)23(31)15-28-24(32)19-10-5-8-17-7-3-4-9-18(17)19/h3-5,7-10,16,20-21,26,34H,6,11-15H2,1-2H3,(H,27,33)(H,28,32)(H,29,35)/t20-,21-/m0/s1. The van der Waals surface area contributed by atoms with Gasteiger partial charge in [0.2, 0.25) is 11.8 Å². The van der Waals surface area contributed by atoms with E-state index in [4.69, 9.17) is 12.2 Å². The Balaban J connectivity index is 1.51. The molecule has 1 fully saturated rings. The second-order valence-electron chi connectivity index (χ2n) is 9.25. The van der Waals surface area contributed by atoms with Gasteiger partial charge in [0.25, 0.3) is 13.4 Å². The highest BCUT2D eigenvalue weighted by Gasteiger charge is 2.34. The van der Waals surface area contributed by atoms with Crippen LogP contribution in [0.5, 0.6) is 0 Å². The minimum atomic E-state index is -0.593. The molecule has 1 saturated heterocycles. The fourth-order valence-corrected chi connectivity index (χ4v) is 4.66. The molecule has 2 aromatic carbocycles. The van der Waals surface area contributed by atoms with E-state index in [1.807, 2.05) is 36.4 Å². The lowest BCUT2D eigenvalue weighted by Gasteiger charge is -2.25. The van der Waals surface area contributed by atoms with Crippen molar-refractivity contribution >= 4 is 53.2 Å². The molecular weight excluding hydrogens is 463 g/mol. The van der Waals surface area contributed by atoms with Crippen molar-refractivity contribution in [2.75, 3.05) is 19.6 Å². The molecule has 2 atom stereocenters. The van der Waals surface area contributed by atoms with Gasteiger partial charge in [-0.25, -0.2) is 0 Å². The van der Waals surface area contributed by atoms with Gasteiger partial charge in [-0.2, -0.15) is 0 Å². The van der Waals surface area contributed by atoms with E-state index in [9.17, 15) is 19.4 Å². The summed E-state index contributed by atoms with van der Waals surface area (Å²) >= 11 is 5.31. The first kappa shape index (κ1) is 26.6. The maximum absolute atomic E-state index is 12.8. The van der Waals surface area contributed by atoms with Crippen molar-refractivity contribution in [1.29, 1.82) is 0 Å². The van der Waals surface area contributed by atoms with Crippen molar-refractivity contribution in [3.8, 4) is 0 Å². The third-order valence-corrected chi connectivity index (χ3v) is 6.34. The Morgan fingerprint density at radius 2 is 1.86 bits per heavy atom. The van der Waals surface area contributed by atoms with Gasteiger partial charge >= 0.3 is 0 Å². The summed E-state index contributed by atoms with van der Waals surface area (Å²) < 4.78 is 0. The zero-order valence-electron chi connectivity index (χ0n) is 20.3. The molecule has 8 nitrogen and oxygen atoms in total. The van der Waals surface area contributed by atoms with Gasteiger partial charge in [0, 0.05) is 18.0 Å². The minimum absolute atomic E-state index is 0.0400. The van der Waals surface area contributed by atoms with Gasteiger partial charge in [-0.1, -0.05) is 62.5 Å². The smallest absolute Gasteiger partial charge is 0.293 e. The Hall–Kier alpha value is -2.98. The van der Waals surface area contributed by atoms with Crippen LogP contribution in [0.15, 0.2) is 42.5 Å². The van der Waals surface area contributed by atoms with Crippen molar-refractivity contribution in [3.63, 3.8) is 0 Å². The van der Waals surface area contributed by atoms with Crippen LogP contribution in [0, 0.1) is 5.92 Å². The zero-order chi connectivity index (χ0) is 25.4. The molecule has 10 heteroatoms. The van der Waals surface area contributed by atoms with Crippen molar-refractivity contribution in [2.45, 2.75) is 45.1 Å².